The Morgan fingerprint density at radius 1 is 1.26 bits per heavy atom. The van der Waals surface area contributed by atoms with Crippen LogP contribution in [0.5, 0.6) is 5.75 Å². The molecule has 2 bridgehead atoms. The fraction of sp³-hybridized carbons (Fsp3) is 0.467. The maximum Gasteiger partial charge on any atom is 0.247 e. The van der Waals surface area contributed by atoms with E-state index in [9.17, 15) is 4.79 Å². The number of nitrogens with one attached hydrogen (secondary N) is 2. The Balaban J connectivity index is 1.74. The van der Waals surface area contributed by atoms with Crippen LogP contribution in [0.25, 0.3) is 0 Å². The van der Waals surface area contributed by atoms with Gasteiger partial charge in [0.25, 0.3) is 0 Å². The van der Waals surface area contributed by atoms with Gasteiger partial charge in [0.1, 0.15) is 12.4 Å². The monoisotopic (exact) mass is 521 g/mol. The van der Waals surface area contributed by atoms with Crippen LogP contribution in [0.15, 0.2) is 71.9 Å². The second-order valence-corrected chi connectivity index (χ2v) is 9.41. The van der Waals surface area contributed by atoms with Crippen molar-refractivity contribution < 1.29 is 14.3 Å². The number of anilines is 1. The van der Waals surface area contributed by atoms with Crippen LogP contribution in [0.4, 0.5) is 5.69 Å². The van der Waals surface area contributed by atoms with Gasteiger partial charge in [0.15, 0.2) is 0 Å². The summed E-state index contributed by atoms with van der Waals surface area (Å²) in [5, 5.41) is 6.30. The van der Waals surface area contributed by atoms with Gasteiger partial charge in [0.05, 0.1) is 19.8 Å². The van der Waals surface area contributed by atoms with Crippen molar-refractivity contribution in [1.82, 2.24) is 10.2 Å². The molecule has 38 heavy (non-hydrogen) atoms. The van der Waals surface area contributed by atoms with Crippen molar-refractivity contribution in [1.29, 1.82) is 0 Å². The van der Waals surface area contributed by atoms with Crippen molar-refractivity contribution >= 4 is 17.3 Å². The average molecular weight is 522 g/mol. The van der Waals surface area contributed by atoms with Crippen molar-refractivity contribution in [2.45, 2.75) is 39.2 Å². The molecular formula is C30H43N5O3. The number of allylic oxidation sites excluding steroid dienone is 3. The Labute approximate surface area is 227 Å². The van der Waals surface area contributed by atoms with Crippen LogP contribution in [-0.4, -0.2) is 62.6 Å². The first-order valence-corrected chi connectivity index (χ1v) is 13.6. The first-order chi connectivity index (χ1) is 18.6. The Kier molecular flexibility index (Phi) is 12.7. The van der Waals surface area contributed by atoms with Crippen LogP contribution >= 0.6 is 0 Å². The third-order valence-corrected chi connectivity index (χ3v) is 6.71. The molecule has 1 aromatic carbocycles. The van der Waals surface area contributed by atoms with E-state index in [1.54, 1.807) is 12.2 Å². The molecule has 4 N–H and O–H groups in total. The van der Waals surface area contributed by atoms with Crippen LogP contribution in [0.3, 0.4) is 0 Å². The highest BCUT2D eigenvalue weighted by atomic mass is 16.5. The molecule has 1 saturated heterocycles. The number of carbonyl (C=O) groups excluding carboxylic acids is 1. The third kappa shape index (κ3) is 9.50. The van der Waals surface area contributed by atoms with Gasteiger partial charge in [-0.2, -0.15) is 0 Å². The zero-order chi connectivity index (χ0) is 27.0. The summed E-state index contributed by atoms with van der Waals surface area (Å²) < 4.78 is 12.1. The predicted molar refractivity (Wildman–Crippen MR) is 155 cm³/mol. The first-order valence-electron chi connectivity index (χ1n) is 13.6. The number of nitrogens with zero attached hydrogens (tertiary/aromatic N) is 2. The number of nitrogens with two attached hydrogens (primary N) is 1. The van der Waals surface area contributed by atoms with Crippen LogP contribution in [0.2, 0.25) is 0 Å². The van der Waals surface area contributed by atoms with Gasteiger partial charge >= 0.3 is 0 Å². The molecule has 1 amide bonds. The highest BCUT2D eigenvalue weighted by Crippen LogP contribution is 2.25. The van der Waals surface area contributed by atoms with Crippen LogP contribution in [-0.2, 0) is 16.1 Å². The predicted octanol–water partition coefficient (Wildman–Crippen LogP) is 4.18. The SMILES string of the molecule is C=CC1C/C(=C\C)C(=O)NC/C=C/COCc2cc(ccc2OCCCN2CCCC2)NC/N=C1\C=C/N. The minimum absolute atomic E-state index is 0.110. The molecule has 206 valence electrons. The molecule has 2 aliphatic heterocycles. The molecule has 1 unspecified atom stereocenters. The van der Waals surface area contributed by atoms with E-state index in [4.69, 9.17) is 20.2 Å². The van der Waals surface area contributed by atoms with Gasteiger partial charge in [-0.1, -0.05) is 24.3 Å². The maximum atomic E-state index is 12.7. The maximum absolute atomic E-state index is 12.7. The largest absolute Gasteiger partial charge is 0.493 e. The molecule has 0 radical (unpaired) electrons. The summed E-state index contributed by atoms with van der Waals surface area (Å²) in [5.41, 5.74) is 9.04. The number of aliphatic imine (C=N–C) groups is 1. The molecule has 1 fully saturated rings. The van der Waals surface area contributed by atoms with Gasteiger partial charge in [0, 0.05) is 41.5 Å². The molecule has 8 nitrogen and oxygen atoms in total. The quantitative estimate of drug-likeness (QED) is 0.283. The summed E-state index contributed by atoms with van der Waals surface area (Å²) in [6, 6.07) is 6.05. The fourth-order valence-corrected chi connectivity index (χ4v) is 4.57. The van der Waals surface area contributed by atoms with Crippen molar-refractivity contribution in [3.63, 3.8) is 0 Å². The molecule has 1 aromatic rings. The van der Waals surface area contributed by atoms with Gasteiger partial charge < -0.3 is 30.7 Å². The van der Waals surface area contributed by atoms with E-state index >= 15 is 0 Å². The van der Waals surface area contributed by atoms with E-state index in [1.165, 1.54) is 32.1 Å². The van der Waals surface area contributed by atoms with Gasteiger partial charge in [-0.3, -0.25) is 9.79 Å². The lowest BCUT2D eigenvalue weighted by Crippen LogP contribution is -2.27. The van der Waals surface area contributed by atoms with E-state index in [1.807, 2.05) is 37.3 Å². The number of likely N-dealkylation sites (tertiary alicyclic amines) is 1. The topological polar surface area (TPSA) is 101 Å². The van der Waals surface area contributed by atoms with E-state index in [-0.39, 0.29) is 11.8 Å². The van der Waals surface area contributed by atoms with Crippen LogP contribution in [0.1, 0.15) is 38.2 Å². The van der Waals surface area contributed by atoms with Crippen molar-refractivity contribution in [3.8, 4) is 5.75 Å². The van der Waals surface area contributed by atoms with E-state index < -0.39 is 0 Å². The standard InChI is InChI=1S/C30H43N5O3/c1-3-24-20-25(4-2)30(36)32-14-5-8-18-37-22-26-21-27(33-23-34-28(24)12-13-31)10-11-29(26)38-19-9-17-35-15-6-7-16-35/h3-5,8,10-13,21,24,33H,1,6-7,9,14-20,22-23,31H2,2H3,(H,32,36)/b8-5+,13-12-,25-4+,34-28+. The van der Waals surface area contributed by atoms with Gasteiger partial charge in [-0.05, 0) is 76.2 Å². The van der Waals surface area contributed by atoms with Crippen LogP contribution < -0.4 is 21.1 Å². The van der Waals surface area contributed by atoms with E-state index in [0.29, 0.717) is 45.0 Å². The Bertz CT molecular complexity index is 1020. The zero-order valence-electron chi connectivity index (χ0n) is 22.7. The van der Waals surface area contributed by atoms with Crippen LogP contribution in [0, 0.1) is 5.92 Å². The number of amides is 1. The van der Waals surface area contributed by atoms with E-state index in [0.717, 1.165) is 35.7 Å². The third-order valence-electron chi connectivity index (χ3n) is 6.71. The number of hydrogen-bond acceptors (Lipinski definition) is 7. The molecule has 0 spiro atoms. The fourth-order valence-electron chi connectivity index (χ4n) is 4.57. The van der Waals surface area contributed by atoms with Gasteiger partial charge in [-0.15, -0.1) is 6.58 Å². The summed E-state index contributed by atoms with van der Waals surface area (Å²) in [5.74, 6) is 0.577. The Morgan fingerprint density at radius 2 is 2.11 bits per heavy atom. The average Bonchev–Trinajstić information content (AvgIpc) is 3.45. The number of ether oxygens (including phenoxy) is 2. The minimum Gasteiger partial charge on any atom is -0.493 e. The Morgan fingerprint density at radius 3 is 2.87 bits per heavy atom. The molecule has 0 aromatic heterocycles. The molecule has 3 rings (SSSR count). The summed E-state index contributed by atoms with van der Waals surface area (Å²) >= 11 is 0. The first kappa shape index (κ1) is 29.2. The lowest BCUT2D eigenvalue weighted by molar-refractivity contribution is -0.117. The highest BCUT2D eigenvalue weighted by Gasteiger charge is 2.17. The van der Waals surface area contributed by atoms with Crippen molar-refractivity contribution in [3.05, 3.63) is 72.5 Å². The summed E-state index contributed by atoms with van der Waals surface area (Å²) in [7, 11) is 0. The van der Waals surface area contributed by atoms with E-state index in [2.05, 4.69) is 28.2 Å². The van der Waals surface area contributed by atoms with Crippen molar-refractivity contribution in [2.75, 3.05) is 51.4 Å². The summed E-state index contributed by atoms with van der Waals surface area (Å²) in [6.45, 7) is 11.6. The number of fused-ring (bicyclic) bond motifs is 2. The molecule has 1 atom stereocenters. The Hall–Kier alpha value is -3.36. The second kappa shape index (κ2) is 16.5. The zero-order valence-corrected chi connectivity index (χ0v) is 22.7. The smallest absolute Gasteiger partial charge is 0.247 e. The number of hydrogen-bond donors (Lipinski definition) is 3. The number of rotatable bonds is 7. The minimum atomic E-state index is -0.150. The number of carbonyl (C=O) groups is 1. The molecule has 8 heteroatoms. The highest BCUT2D eigenvalue weighted by molar-refractivity contribution is 6.00. The van der Waals surface area contributed by atoms with Gasteiger partial charge in [0.2, 0.25) is 5.91 Å². The van der Waals surface area contributed by atoms with Gasteiger partial charge in [-0.25, -0.2) is 0 Å². The molecular weight excluding hydrogens is 478 g/mol. The molecule has 0 aliphatic carbocycles. The normalized spacial score (nSPS) is 23.6. The second-order valence-electron chi connectivity index (χ2n) is 9.41. The number of benzene rings is 1. The summed E-state index contributed by atoms with van der Waals surface area (Å²) in [6.07, 6.45) is 14.8. The molecule has 2 heterocycles. The van der Waals surface area contributed by atoms with Crippen molar-refractivity contribution in [2.24, 2.45) is 16.6 Å². The summed E-state index contributed by atoms with van der Waals surface area (Å²) in [4.78, 5) is 19.9. The molecule has 2 aliphatic rings. The lowest BCUT2D eigenvalue weighted by atomic mass is 9.93. The lowest BCUT2D eigenvalue weighted by Gasteiger charge is -2.17. The molecule has 0 saturated carbocycles.